The average molecular weight is 303 g/mol. The van der Waals surface area contributed by atoms with E-state index in [2.05, 4.69) is 5.32 Å². The highest BCUT2D eigenvalue weighted by Gasteiger charge is 2.33. The first-order valence-corrected chi connectivity index (χ1v) is 5.96. The summed E-state index contributed by atoms with van der Waals surface area (Å²) in [6, 6.07) is 6.46. The Labute approximate surface area is 118 Å². The van der Waals surface area contributed by atoms with Crippen molar-refractivity contribution >= 4 is 23.2 Å². The van der Waals surface area contributed by atoms with Crippen LogP contribution in [0.25, 0.3) is 0 Å². The Morgan fingerprint density at radius 2 is 2.00 bits per heavy atom. The fraction of sp³-hybridized carbons (Fsp3) is 0.154. The number of carbonyl (C=O) groups excluding carboxylic acids is 1. The third-order valence-corrected chi connectivity index (χ3v) is 3.04. The number of hydrogen-bond donors (Lipinski definition) is 1. The molecule has 7 heteroatoms. The molecule has 1 aromatic heterocycles. The van der Waals surface area contributed by atoms with Crippen LogP contribution in [0.3, 0.4) is 0 Å². The van der Waals surface area contributed by atoms with Gasteiger partial charge in [-0.3, -0.25) is 4.79 Å². The summed E-state index contributed by atoms with van der Waals surface area (Å²) in [7, 11) is 1.66. The molecule has 0 bridgehead atoms. The molecule has 2 rings (SSSR count). The maximum Gasteiger partial charge on any atom is 0.417 e. The van der Waals surface area contributed by atoms with E-state index in [-0.39, 0.29) is 5.69 Å². The normalized spacial score (nSPS) is 11.4. The summed E-state index contributed by atoms with van der Waals surface area (Å²) < 4.78 is 39.7. The summed E-state index contributed by atoms with van der Waals surface area (Å²) in [5.41, 5.74) is -0.606. The van der Waals surface area contributed by atoms with Gasteiger partial charge >= 0.3 is 6.18 Å². The first-order chi connectivity index (χ1) is 9.29. The molecule has 0 aliphatic rings. The Morgan fingerprint density at radius 3 is 2.55 bits per heavy atom. The van der Waals surface area contributed by atoms with E-state index in [0.717, 1.165) is 12.1 Å². The Bertz CT molecular complexity index is 649. The van der Waals surface area contributed by atoms with Gasteiger partial charge < -0.3 is 9.88 Å². The van der Waals surface area contributed by atoms with Gasteiger partial charge in [0.25, 0.3) is 5.91 Å². The van der Waals surface area contributed by atoms with Crippen LogP contribution in [0.5, 0.6) is 0 Å². The standard InChI is InChI=1S/C13H10ClF3N2O/c1-19-6-2-3-11(19)12(20)18-8-4-5-10(14)9(7-8)13(15,16)17/h2-7H,1H3,(H,18,20). The van der Waals surface area contributed by atoms with Gasteiger partial charge in [0, 0.05) is 18.9 Å². The molecule has 0 fully saturated rings. The lowest BCUT2D eigenvalue weighted by molar-refractivity contribution is -0.137. The van der Waals surface area contributed by atoms with Crippen molar-refractivity contribution in [2.24, 2.45) is 7.05 Å². The highest BCUT2D eigenvalue weighted by Crippen LogP contribution is 2.36. The van der Waals surface area contributed by atoms with Gasteiger partial charge in [-0.1, -0.05) is 11.6 Å². The molecule has 3 nitrogen and oxygen atoms in total. The number of aryl methyl sites for hydroxylation is 1. The number of anilines is 1. The number of alkyl halides is 3. The van der Waals surface area contributed by atoms with Crippen molar-refractivity contribution in [1.82, 2.24) is 4.57 Å². The zero-order chi connectivity index (χ0) is 14.9. The number of aromatic nitrogens is 1. The van der Waals surface area contributed by atoms with Gasteiger partial charge in [0.05, 0.1) is 10.6 Å². The van der Waals surface area contributed by atoms with Gasteiger partial charge in [-0.25, -0.2) is 0 Å². The lowest BCUT2D eigenvalue weighted by atomic mass is 10.2. The fourth-order valence-electron chi connectivity index (χ4n) is 1.71. The minimum absolute atomic E-state index is 0.0351. The number of nitrogens with one attached hydrogen (secondary N) is 1. The molecule has 1 N–H and O–H groups in total. The molecule has 0 saturated carbocycles. The lowest BCUT2D eigenvalue weighted by Gasteiger charge is -2.12. The van der Waals surface area contributed by atoms with Crippen molar-refractivity contribution < 1.29 is 18.0 Å². The second-order valence-corrected chi connectivity index (χ2v) is 4.56. The molecular formula is C13H10ClF3N2O. The van der Waals surface area contributed by atoms with E-state index >= 15 is 0 Å². The predicted octanol–water partition coefficient (Wildman–Crippen LogP) is 3.95. The van der Waals surface area contributed by atoms with Crippen molar-refractivity contribution in [3.8, 4) is 0 Å². The van der Waals surface area contributed by atoms with Crippen LogP contribution in [-0.4, -0.2) is 10.5 Å². The first-order valence-electron chi connectivity index (χ1n) is 5.58. The summed E-state index contributed by atoms with van der Waals surface area (Å²) >= 11 is 5.51. The van der Waals surface area contributed by atoms with Crippen molar-refractivity contribution in [2.45, 2.75) is 6.18 Å². The van der Waals surface area contributed by atoms with E-state index in [1.165, 1.54) is 6.07 Å². The van der Waals surface area contributed by atoms with Gasteiger partial charge in [0.2, 0.25) is 0 Å². The largest absolute Gasteiger partial charge is 0.417 e. The van der Waals surface area contributed by atoms with Crippen LogP contribution in [-0.2, 0) is 13.2 Å². The third kappa shape index (κ3) is 2.96. The minimum atomic E-state index is -4.57. The van der Waals surface area contributed by atoms with Crippen molar-refractivity contribution in [3.63, 3.8) is 0 Å². The second kappa shape index (κ2) is 5.20. The molecule has 0 saturated heterocycles. The number of nitrogens with zero attached hydrogens (tertiary/aromatic N) is 1. The second-order valence-electron chi connectivity index (χ2n) is 4.15. The van der Waals surface area contributed by atoms with Crippen molar-refractivity contribution in [2.75, 3.05) is 5.32 Å². The molecule has 1 heterocycles. The molecule has 0 atom stereocenters. The third-order valence-electron chi connectivity index (χ3n) is 2.71. The van der Waals surface area contributed by atoms with Gasteiger partial charge in [-0.05, 0) is 30.3 Å². The maximum absolute atomic E-state index is 12.7. The summed E-state index contributed by atoms with van der Waals surface area (Å²) in [4.78, 5) is 11.9. The average Bonchev–Trinajstić information content (AvgIpc) is 2.76. The summed E-state index contributed by atoms with van der Waals surface area (Å²) in [5.74, 6) is -0.493. The highest BCUT2D eigenvalue weighted by molar-refractivity contribution is 6.31. The zero-order valence-electron chi connectivity index (χ0n) is 10.3. The van der Waals surface area contributed by atoms with Crippen LogP contribution in [0.1, 0.15) is 16.1 Å². The maximum atomic E-state index is 12.7. The monoisotopic (exact) mass is 302 g/mol. The quantitative estimate of drug-likeness (QED) is 0.895. The van der Waals surface area contributed by atoms with E-state index in [0.29, 0.717) is 5.69 Å². The van der Waals surface area contributed by atoms with E-state index in [4.69, 9.17) is 11.6 Å². The molecule has 0 radical (unpaired) electrons. The molecule has 0 aliphatic heterocycles. The molecule has 0 spiro atoms. The van der Waals surface area contributed by atoms with Gasteiger partial charge in [-0.2, -0.15) is 13.2 Å². The Morgan fingerprint density at radius 1 is 1.30 bits per heavy atom. The van der Waals surface area contributed by atoms with Crippen molar-refractivity contribution in [3.05, 3.63) is 52.8 Å². The number of amides is 1. The van der Waals surface area contributed by atoms with Crippen LogP contribution < -0.4 is 5.32 Å². The van der Waals surface area contributed by atoms with Crippen LogP contribution in [0.15, 0.2) is 36.5 Å². The van der Waals surface area contributed by atoms with E-state index in [9.17, 15) is 18.0 Å². The molecular weight excluding hydrogens is 293 g/mol. The first kappa shape index (κ1) is 14.5. The Hall–Kier alpha value is -1.95. The number of carbonyl (C=O) groups is 1. The molecule has 20 heavy (non-hydrogen) atoms. The van der Waals surface area contributed by atoms with Crippen molar-refractivity contribution in [1.29, 1.82) is 0 Å². The number of halogens is 4. The van der Waals surface area contributed by atoms with Crippen LogP contribution >= 0.6 is 11.6 Å². The topological polar surface area (TPSA) is 34.0 Å². The number of rotatable bonds is 2. The minimum Gasteiger partial charge on any atom is -0.347 e. The molecule has 2 aromatic rings. The molecule has 1 aromatic carbocycles. The molecule has 0 unspecified atom stereocenters. The van der Waals surface area contributed by atoms with Gasteiger partial charge in [0.1, 0.15) is 5.69 Å². The number of benzene rings is 1. The SMILES string of the molecule is Cn1cccc1C(=O)Nc1ccc(Cl)c(C(F)(F)F)c1. The van der Waals surface area contributed by atoms with Gasteiger partial charge in [0.15, 0.2) is 0 Å². The van der Waals surface area contributed by atoms with E-state index < -0.39 is 22.7 Å². The highest BCUT2D eigenvalue weighted by atomic mass is 35.5. The van der Waals surface area contributed by atoms with Crippen LogP contribution in [0.4, 0.5) is 18.9 Å². The Balaban J connectivity index is 2.27. The molecule has 1 amide bonds. The zero-order valence-corrected chi connectivity index (χ0v) is 11.1. The smallest absolute Gasteiger partial charge is 0.347 e. The summed E-state index contributed by atoms with van der Waals surface area (Å²) in [6.07, 6.45) is -2.90. The Kier molecular flexibility index (Phi) is 3.76. The predicted molar refractivity (Wildman–Crippen MR) is 69.8 cm³/mol. The molecule has 0 aliphatic carbocycles. The summed E-state index contributed by atoms with van der Waals surface area (Å²) in [6.45, 7) is 0. The van der Waals surface area contributed by atoms with Gasteiger partial charge in [-0.15, -0.1) is 0 Å². The van der Waals surface area contributed by atoms with Crippen LogP contribution in [0, 0.1) is 0 Å². The van der Waals surface area contributed by atoms with Crippen LogP contribution in [0.2, 0.25) is 5.02 Å². The fourth-order valence-corrected chi connectivity index (χ4v) is 1.94. The molecule has 106 valence electrons. The summed E-state index contributed by atoms with van der Waals surface area (Å²) in [5, 5.41) is 2.00. The lowest BCUT2D eigenvalue weighted by Crippen LogP contribution is -2.16. The van der Waals surface area contributed by atoms with E-state index in [1.807, 2.05) is 0 Å². The number of hydrogen-bond acceptors (Lipinski definition) is 1. The van der Waals surface area contributed by atoms with E-state index in [1.54, 1.807) is 29.9 Å².